The maximum atomic E-state index is 12.5. The number of carbonyl (C=O) groups excluding carboxylic acids is 2. The Bertz CT molecular complexity index is 554. The average molecular weight is 311 g/mol. The molecule has 0 N–H and O–H groups in total. The summed E-state index contributed by atoms with van der Waals surface area (Å²) in [5, 5.41) is 0.150. The summed E-state index contributed by atoms with van der Waals surface area (Å²) in [5.74, 6) is -0.644. The van der Waals surface area contributed by atoms with Crippen LogP contribution in [0.25, 0.3) is 0 Å². The normalized spacial score (nSPS) is 18.7. The molecule has 2 rings (SSSR count). The lowest BCUT2D eigenvalue weighted by Crippen LogP contribution is -2.43. The zero-order chi connectivity index (χ0) is 15.6. The third-order valence-corrected chi connectivity index (χ3v) is 3.48. The van der Waals surface area contributed by atoms with Crippen molar-refractivity contribution in [1.82, 2.24) is 9.88 Å². The van der Waals surface area contributed by atoms with Crippen molar-refractivity contribution in [1.29, 1.82) is 0 Å². The molecule has 114 valence electrons. The van der Waals surface area contributed by atoms with E-state index in [4.69, 9.17) is 16.3 Å². The third kappa shape index (κ3) is 3.73. The lowest BCUT2D eigenvalue weighted by atomic mass is 10.1. The fraction of sp³-hybridized carbons (Fsp3) is 0.533. The number of hydrogen-bond donors (Lipinski definition) is 0. The highest BCUT2D eigenvalue weighted by Crippen LogP contribution is 2.24. The molecule has 5 nitrogen and oxygen atoms in total. The number of pyridine rings is 1. The number of likely N-dealkylation sites (tertiary alicyclic amines) is 1. The van der Waals surface area contributed by atoms with Gasteiger partial charge in [-0.3, -0.25) is 4.79 Å². The second-order valence-corrected chi connectivity index (χ2v) is 6.39. The number of carbonyl (C=O) groups is 2. The fourth-order valence-corrected chi connectivity index (χ4v) is 2.53. The lowest BCUT2D eigenvalue weighted by Gasteiger charge is -2.27. The largest absolute Gasteiger partial charge is 0.458 e. The van der Waals surface area contributed by atoms with Gasteiger partial charge in [-0.2, -0.15) is 0 Å². The molecular weight excluding hydrogens is 292 g/mol. The van der Waals surface area contributed by atoms with Crippen molar-refractivity contribution in [3.63, 3.8) is 0 Å². The topological polar surface area (TPSA) is 59.5 Å². The Labute approximate surface area is 129 Å². The second kappa shape index (κ2) is 6.02. The van der Waals surface area contributed by atoms with E-state index < -0.39 is 11.6 Å². The molecule has 21 heavy (non-hydrogen) atoms. The Morgan fingerprint density at radius 3 is 2.76 bits per heavy atom. The number of amides is 1. The molecule has 1 aromatic rings. The molecule has 0 bridgehead atoms. The van der Waals surface area contributed by atoms with Crippen LogP contribution >= 0.6 is 11.6 Å². The monoisotopic (exact) mass is 310 g/mol. The summed E-state index contributed by atoms with van der Waals surface area (Å²) in [7, 11) is 0. The van der Waals surface area contributed by atoms with Crippen LogP contribution in [0.4, 0.5) is 0 Å². The van der Waals surface area contributed by atoms with E-state index in [1.165, 1.54) is 11.1 Å². The van der Waals surface area contributed by atoms with Gasteiger partial charge in [0.1, 0.15) is 16.8 Å². The van der Waals surface area contributed by atoms with Gasteiger partial charge < -0.3 is 9.64 Å². The van der Waals surface area contributed by atoms with Gasteiger partial charge >= 0.3 is 5.97 Å². The smallest absolute Gasteiger partial charge is 0.329 e. The van der Waals surface area contributed by atoms with Gasteiger partial charge in [0.05, 0.1) is 5.56 Å². The minimum absolute atomic E-state index is 0.150. The van der Waals surface area contributed by atoms with Crippen molar-refractivity contribution in [3.8, 4) is 0 Å². The first-order chi connectivity index (χ1) is 9.79. The quantitative estimate of drug-likeness (QED) is 0.622. The second-order valence-electron chi connectivity index (χ2n) is 6.03. The standard InChI is InChI=1S/C15H19ClN2O3/c1-15(2,3)21-14(20)11-7-5-9-18(11)13(19)10-6-4-8-17-12(10)16/h4,6,8,11H,5,7,9H2,1-3H3/t11-/m0/s1. The maximum Gasteiger partial charge on any atom is 0.329 e. The number of esters is 1. The minimum atomic E-state index is -0.569. The van der Waals surface area contributed by atoms with E-state index in [9.17, 15) is 9.59 Å². The summed E-state index contributed by atoms with van der Waals surface area (Å²) in [5.41, 5.74) is -0.255. The highest BCUT2D eigenvalue weighted by Gasteiger charge is 2.37. The van der Waals surface area contributed by atoms with Crippen molar-refractivity contribution in [2.45, 2.75) is 45.3 Å². The highest BCUT2D eigenvalue weighted by atomic mass is 35.5. The van der Waals surface area contributed by atoms with E-state index in [0.717, 1.165) is 6.42 Å². The Morgan fingerprint density at radius 2 is 2.14 bits per heavy atom. The number of hydrogen-bond acceptors (Lipinski definition) is 4. The molecule has 1 amide bonds. The van der Waals surface area contributed by atoms with E-state index in [-0.39, 0.29) is 17.0 Å². The summed E-state index contributed by atoms with van der Waals surface area (Å²) in [6.45, 7) is 5.95. The van der Waals surface area contributed by atoms with Gasteiger partial charge in [0.2, 0.25) is 0 Å². The molecule has 6 heteroatoms. The Morgan fingerprint density at radius 1 is 1.43 bits per heavy atom. The van der Waals surface area contributed by atoms with Crippen LogP contribution in [0.5, 0.6) is 0 Å². The molecule has 1 fully saturated rings. The van der Waals surface area contributed by atoms with Crippen LogP contribution in [0.3, 0.4) is 0 Å². The summed E-state index contributed by atoms with van der Waals surface area (Å²) in [6.07, 6.45) is 2.90. The van der Waals surface area contributed by atoms with Gasteiger partial charge in [0.15, 0.2) is 0 Å². The first-order valence-corrected chi connectivity index (χ1v) is 7.32. The molecule has 0 spiro atoms. The van der Waals surface area contributed by atoms with Crippen molar-refractivity contribution in [2.75, 3.05) is 6.54 Å². The van der Waals surface area contributed by atoms with Crippen LogP contribution in [0.2, 0.25) is 5.15 Å². The van der Waals surface area contributed by atoms with Crippen LogP contribution in [-0.2, 0) is 9.53 Å². The van der Waals surface area contributed by atoms with Gasteiger partial charge in [-0.25, -0.2) is 9.78 Å². The summed E-state index contributed by atoms with van der Waals surface area (Å²) < 4.78 is 5.39. The molecule has 0 aromatic carbocycles. The van der Waals surface area contributed by atoms with Gasteiger partial charge in [-0.15, -0.1) is 0 Å². The van der Waals surface area contributed by atoms with Crippen molar-refractivity contribution < 1.29 is 14.3 Å². The summed E-state index contributed by atoms with van der Waals surface area (Å²) in [4.78, 5) is 30.2. The highest BCUT2D eigenvalue weighted by molar-refractivity contribution is 6.32. The van der Waals surface area contributed by atoms with Gasteiger partial charge in [-0.1, -0.05) is 11.6 Å². The van der Waals surface area contributed by atoms with E-state index in [1.807, 2.05) is 20.8 Å². The first kappa shape index (κ1) is 15.8. The van der Waals surface area contributed by atoms with Crippen LogP contribution in [0.1, 0.15) is 44.0 Å². The summed E-state index contributed by atoms with van der Waals surface area (Å²) in [6, 6.07) is 2.72. The average Bonchev–Trinajstić information content (AvgIpc) is 2.85. The first-order valence-electron chi connectivity index (χ1n) is 6.94. The minimum Gasteiger partial charge on any atom is -0.458 e. The fourth-order valence-electron chi connectivity index (χ4n) is 2.32. The Kier molecular flexibility index (Phi) is 4.52. The van der Waals surface area contributed by atoms with E-state index in [1.54, 1.807) is 12.1 Å². The third-order valence-electron chi connectivity index (χ3n) is 3.18. The predicted octanol–water partition coefficient (Wildman–Crippen LogP) is 2.68. The van der Waals surface area contributed by atoms with E-state index in [0.29, 0.717) is 18.5 Å². The molecule has 1 aliphatic rings. The molecule has 2 heterocycles. The molecular formula is C15H19ClN2O3. The van der Waals surface area contributed by atoms with E-state index >= 15 is 0 Å². The van der Waals surface area contributed by atoms with Gasteiger partial charge in [-0.05, 0) is 45.7 Å². The number of nitrogens with zero attached hydrogens (tertiary/aromatic N) is 2. The predicted molar refractivity (Wildman–Crippen MR) is 79.2 cm³/mol. The number of halogens is 1. The van der Waals surface area contributed by atoms with Crippen LogP contribution in [0.15, 0.2) is 18.3 Å². The van der Waals surface area contributed by atoms with Crippen molar-refractivity contribution in [2.24, 2.45) is 0 Å². The van der Waals surface area contributed by atoms with Gasteiger partial charge in [0.25, 0.3) is 5.91 Å². The molecule has 0 aliphatic carbocycles. The molecule has 0 saturated carbocycles. The zero-order valence-electron chi connectivity index (χ0n) is 12.4. The number of rotatable bonds is 2. The molecule has 0 radical (unpaired) electrons. The van der Waals surface area contributed by atoms with Gasteiger partial charge in [0, 0.05) is 12.7 Å². The van der Waals surface area contributed by atoms with Crippen LogP contribution in [-0.4, -0.2) is 39.9 Å². The molecule has 1 atom stereocenters. The number of ether oxygens (including phenoxy) is 1. The lowest BCUT2D eigenvalue weighted by molar-refractivity contribution is -0.159. The molecule has 0 unspecified atom stereocenters. The Balaban J connectivity index is 2.17. The van der Waals surface area contributed by atoms with E-state index in [2.05, 4.69) is 4.98 Å². The zero-order valence-corrected chi connectivity index (χ0v) is 13.2. The maximum absolute atomic E-state index is 12.5. The number of aromatic nitrogens is 1. The van der Waals surface area contributed by atoms with Crippen LogP contribution in [0, 0.1) is 0 Å². The van der Waals surface area contributed by atoms with Crippen molar-refractivity contribution >= 4 is 23.5 Å². The SMILES string of the molecule is CC(C)(C)OC(=O)[C@@H]1CCCN1C(=O)c1cccnc1Cl. The molecule has 1 aliphatic heterocycles. The molecule has 1 saturated heterocycles. The Hall–Kier alpha value is -1.62. The molecule has 1 aromatic heterocycles. The van der Waals surface area contributed by atoms with Crippen LogP contribution < -0.4 is 0 Å². The summed E-state index contributed by atoms with van der Waals surface area (Å²) >= 11 is 5.96. The van der Waals surface area contributed by atoms with Crippen molar-refractivity contribution in [3.05, 3.63) is 29.0 Å².